The summed E-state index contributed by atoms with van der Waals surface area (Å²) in [4.78, 5) is 0. The fourth-order valence-corrected chi connectivity index (χ4v) is 4.50. The summed E-state index contributed by atoms with van der Waals surface area (Å²) in [6, 6.07) is 32.6. The van der Waals surface area contributed by atoms with Gasteiger partial charge in [-0.2, -0.15) is 0 Å². The van der Waals surface area contributed by atoms with Crippen LogP contribution in [0.1, 0.15) is 16.7 Å². The zero-order valence-corrected chi connectivity index (χ0v) is 16.8. The lowest BCUT2D eigenvalue weighted by Crippen LogP contribution is -2.52. The first kappa shape index (κ1) is 23.0. The van der Waals surface area contributed by atoms with Crippen LogP contribution in [0.2, 0.25) is 0 Å². The smallest absolute Gasteiger partial charge is 0.418 e. The Morgan fingerprint density at radius 1 is 0.690 bits per heavy atom. The van der Waals surface area contributed by atoms with E-state index >= 15 is 0 Å². The molecular weight excluding hydrogens is 397 g/mol. The molecule has 3 rings (SSSR count). The van der Waals surface area contributed by atoms with E-state index in [1.807, 2.05) is 11.8 Å². The maximum atomic E-state index is 9.75. The predicted octanol–water partition coefficient (Wildman–Crippen LogP) is 5.45. The quantitative estimate of drug-likeness (QED) is 0.399. The topological polar surface area (TPSA) is 27.6 Å². The monoisotopic (exact) mass is 421 g/mol. The number of hydrogen-bond acceptors (Lipinski definition) is 1. The molecule has 0 heterocycles. The van der Waals surface area contributed by atoms with Crippen molar-refractivity contribution in [2.75, 3.05) is 12.3 Å². The van der Waals surface area contributed by atoms with Gasteiger partial charge in [0.1, 0.15) is 0 Å². The highest BCUT2D eigenvalue weighted by atomic mass is 32.2. The predicted molar refractivity (Wildman–Crippen MR) is 114 cm³/mol. The van der Waals surface area contributed by atoms with Crippen molar-refractivity contribution in [3.05, 3.63) is 108 Å². The normalized spacial score (nSPS) is 11.5. The van der Waals surface area contributed by atoms with Gasteiger partial charge >= 0.3 is 7.25 Å². The van der Waals surface area contributed by atoms with E-state index in [-0.39, 0.29) is 4.75 Å². The van der Waals surface area contributed by atoms with Gasteiger partial charge < -0.3 is 23.0 Å². The van der Waals surface area contributed by atoms with Crippen LogP contribution in [0.25, 0.3) is 0 Å². The third kappa shape index (κ3) is 7.59. The second-order valence-electron chi connectivity index (χ2n) is 6.42. The van der Waals surface area contributed by atoms with E-state index < -0.39 is 7.25 Å². The van der Waals surface area contributed by atoms with Gasteiger partial charge in [0.15, 0.2) is 0 Å². The highest BCUT2D eigenvalue weighted by Crippen LogP contribution is 2.45. The zero-order valence-electron chi connectivity index (χ0n) is 16.0. The Balaban J connectivity index is 0.000000537. The second-order valence-corrected chi connectivity index (χ2v) is 7.81. The van der Waals surface area contributed by atoms with Crippen LogP contribution in [0.3, 0.4) is 0 Å². The molecule has 0 aliphatic carbocycles. The third-order valence-corrected chi connectivity index (χ3v) is 5.87. The fourth-order valence-electron chi connectivity index (χ4n) is 3.13. The molecule has 0 aromatic heterocycles. The second kappa shape index (κ2) is 11.1. The molecule has 1 nitrogen and oxygen atoms in total. The molecule has 0 aliphatic heterocycles. The average molecular weight is 421 g/mol. The minimum atomic E-state index is -6.00. The minimum absolute atomic E-state index is 0.0818. The molecule has 3 aromatic carbocycles. The summed E-state index contributed by atoms with van der Waals surface area (Å²) in [6.07, 6.45) is 0.979. The molecule has 3 N–H and O–H groups in total. The Hall–Kier alpha value is -2.25. The van der Waals surface area contributed by atoms with Crippen LogP contribution in [0.5, 0.6) is 0 Å². The Bertz CT molecular complexity index is 784. The first-order valence-corrected chi connectivity index (χ1v) is 10.3. The molecule has 0 aliphatic rings. The average Bonchev–Trinajstić information content (AvgIpc) is 2.72. The van der Waals surface area contributed by atoms with Crippen LogP contribution in [0, 0.1) is 0 Å². The zero-order chi connectivity index (χ0) is 21.2. The van der Waals surface area contributed by atoms with Gasteiger partial charge in [-0.25, -0.2) is 0 Å². The molecule has 0 atom stereocenters. The van der Waals surface area contributed by atoms with Crippen LogP contribution >= 0.6 is 11.8 Å². The SMILES string of the molecule is F[B-](F)(F)F.[NH3+]CCSC(Cc1ccccc1)(c1ccccc1)c1ccccc1. The summed E-state index contributed by atoms with van der Waals surface area (Å²) in [5.41, 5.74) is 8.14. The maximum absolute atomic E-state index is 9.75. The molecule has 0 unspecified atom stereocenters. The molecule has 29 heavy (non-hydrogen) atoms. The van der Waals surface area contributed by atoms with Crippen molar-refractivity contribution in [2.24, 2.45) is 0 Å². The molecule has 7 heteroatoms. The third-order valence-electron chi connectivity index (χ3n) is 4.27. The first-order chi connectivity index (χ1) is 13.8. The lowest BCUT2D eigenvalue weighted by molar-refractivity contribution is -0.360. The van der Waals surface area contributed by atoms with E-state index in [9.17, 15) is 17.3 Å². The van der Waals surface area contributed by atoms with Crippen molar-refractivity contribution in [1.29, 1.82) is 0 Å². The molecule has 0 saturated carbocycles. The molecular formula is C22H24BF4NS. The summed E-state index contributed by atoms with van der Waals surface area (Å²) in [5.74, 6) is 1.04. The van der Waals surface area contributed by atoms with Gasteiger partial charge in [0.25, 0.3) is 0 Å². The number of halogens is 4. The van der Waals surface area contributed by atoms with Crippen molar-refractivity contribution in [3.8, 4) is 0 Å². The summed E-state index contributed by atoms with van der Waals surface area (Å²) in [5, 5.41) is 0. The Labute approximate surface area is 173 Å². The van der Waals surface area contributed by atoms with Gasteiger partial charge in [0.2, 0.25) is 0 Å². The number of benzene rings is 3. The Kier molecular flexibility index (Phi) is 8.80. The summed E-state index contributed by atoms with van der Waals surface area (Å²) >= 11 is 2.01. The van der Waals surface area contributed by atoms with E-state index in [0.717, 1.165) is 18.7 Å². The van der Waals surface area contributed by atoms with E-state index in [0.29, 0.717) is 0 Å². The largest absolute Gasteiger partial charge is 0.673 e. The number of hydrogen-bond donors (Lipinski definition) is 1. The van der Waals surface area contributed by atoms with Gasteiger partial charge in [-0.1, -0.05) is 91.0 Å². The van der Waals surface area contributed by atoms with Crippen molar-refractivity contribution in [3.63, 3.8) is 0 Å². The summed E-state index contributed by atoms with van der Waals surface area (Å²) < 4.78 is 38.9. The van der Waals surface area contributed by atoms with E-state index in [1.54, 1.807) is 0 Å². The van der Waals surface area contributed by atoms with Crippen molar-refractivity contribution in [2.45, 2.75) is 11.2 Å². The van der Waals surface area contributed by atoms with Crippen LogP contribution in [0.15, 0.2) is 91.0 Å². The molecule has 0 amide bonds. The van der Waals surface area contributed by atoms with Gasteiger partial charge in [-0.3, -0.25) is 0 Å². The van der Waals surface area contributed by atoms with Gasteiger partial charge in [0, 0.05) is 5.75 Å². The Morgan fingerprint density at radius 2 is 1.07 bits per heavy atom. The van der Waals surface area contributed by atoms with E-state index in [1.165, 1.54) is 16.7 Å². The fraction of sp³-hybridized carbons (Fsp3) is 0.182. The highest BCUT2D eigenvalue weighted by Gasteiger charge is 2.35. The van der Waals surface area contributed by atoms with Crippen LogP contribution in [0.4, 0.5) is 17.3 Å². The van der Waals surface area contributed by atoms with Gasteiger partial charge in [-0.15, -0.1) is 11.8 Å². The van der Waals surface area contributed by atoms with E-state index in [4.69, 9.17) is 0 Å². The number of rotatable bonds is 7. The molecule has 0 spiro atoms. The lowest BCUT2D eigenvalue weighted by atomic mass is 9.85. The van der Waals surface area contributed by atoms with E-state index in [2.05, 4.69) is 96.7 Å². The van der Waals surface area contributed by atoms with Crippen molar-refractivity contribution >= 4 is 19.0 Å². The molecule has 0 fully saturated rings. The van der Waals surface area contributed by atoms with Crippen LogP contribution in [-0.2, 0) is 11.2 Å². The summed E-state index contributed by atoms with van der Waals surface area (Å²) in [6.45, 7) is 0.931. The molecule has 0 saturated heterocycles. The van der Waals surface area contributed by atoms with Crippen molar-refractivity contribution < 1.29 is 23.0 Å². The number of thioether (sulfide) groups is 1. The highest BCUT2D eigenvalue weighted by molar-refractivity contribution is 8.00. The summed E-state index contributed by atoms with van der Waals surface area (Å²) in [7, 11) is -6.00. The molecule has 154 valence electrons. The maximum Gasteiger partial charge on any atom is 0.673 e. The van der Waals surface area contributed by atoms with Gasteiger partial charge in [0.05, 0.1) is 11.3 Å². The van der Waals surface area contributed by atoms with Crippen LogP contribution in [-0.4, -0.2) is 19.6 Å². The first-order valence-electron chi connectivity index (χ1n) is 9.30. The Morgan fingerprint density at radius 3 is 1.45 bits per heavy atom. The standard InChI is InChI=1S/C22H23NS.BF4/c23-16-17-24-22(20-12-6-2-7-13-20,21-14-8-3-9-15-21)18-19-10-4-1-5-11-19;2-1(3,4)5/h1-15H,16-18,23H2;/q;-1/p+1. The molecule has 3 aromatic rings. The molecule has 0 radical (unpaired) electrons. The van der Waals surface area contributed by atoms with Gasteiger partial charge in [-0.05, 0) is 23.1 Å². The molecule has 0 bridgehead atoms. The number of quaternary nitrogens is 1. The lowest BCUT2D eigenvalue weighted by Gasteiger charge is -2.35. The van der Waals surface area contributed by atoms with Crippen molar-refractivity contribution in [1.82, 2.24) is 0 Å². The van der Waals surface area contributed by atoms with Crippen LogP contribution < -0.4 is 5.73 Å². The minimum Gasteiger partial charge on any atom is -0.418 e.